The van der Waals surface area contributed by atoms with Gasteiger partial charge in [-0.15, -0.1) is 0 Å². The van der Waals surface area contributed by atoms with E-state index in [9.17, 15) is 31.6 Å². The fourth-order valence-corrected chi connectivity index (χ4v) is 7.41. The number of hydrogen-bond donors (Lipinski definition) is 2. The van der Waals surface area contributed by atoms with Crippen molar-refractivity contribution in [2.45, 2.75) is 50.4 Å². The lowest BCUT2D eigenvalue weighted by Crippen LogP contribution is -2.43. The summed E-state index contributed by atoms with van der Waals surface area (Å²) >= 11 is 0. The topological polar surface area (TPSA) is 195 Å². The third kappa shape index (κ3) is 3.38. The predicted octanol–water partition coefficient (Wildman–Crippen LogP) is 4.87. The molecule has 4 aliphatic rings. The molecule has 194 valence electrons. The molecule has 4 atom stereocenters. The van der Waals surface area contributed by atoms with Crippen molar-refractivity contribution in [2.24, 2.45) is 34.1 Å². The van der Waals surface area contributed by atoms with Crippen LogP contribution in [0.4, 0.5) is 0 Å². The largest absolute Gasteiger partial charge is 0.399 e. The molecule has 4 N–H and O–H groups in total. The third-order valence-corrected chi connectivity index (χ3v) is 9.25. The zero-order chi connectivity index (χ0) is 28.7. The second-order valence-electron chi connectivity index (χ2n) is 10.9. The number of allylic oxidation sites excluding steroid dienone is 8. The van der Waals surface area contributed by atoms with Gasteiger partial charge < -0.3 is 11.5 Å². The van der Waals surface area contributed by atoms with Gasteiger partial charge in [-0.1, -0.05) is 36.4 Å². The van der Waals surface area contributed by atoms with E-state index in [1.807, 2.05) is 36.4 Å². The van der Waals surface area contributed by atoms with Gasteiger partial charge in [0.15, 0.2) is 10.8 Å². The number of nitrogens with zero attached hydrogens (tertiary/aromatic N) is 6. The lowest BCUT2D eigenvalue weighted by atomic mass is 9.55. The minimum Gasteiger partial charge on any atom is -0.399 e. The van der Waals surface area contributed by atoms with E-state index in [0.29, 0.717) is 12.8 Å². The molecular weight excluding hydrogens is 496 g/mol. The molecular formula is C32H26N8. The van der Waals surface area contributed by atoms with Crippen molar-refractivity contribution in [2.75, 3.05) is 0 Å². The fraction of sp³-hybridized carbons (Fsp3) is 0.375. The quantitative estimate of drug-likeness (QED) is 0.548. The Balaban J connectivity index is 1.67. The molecule has 0 saturated carbocycles. The van der Waals surface area contributed by atoms with Crippen LogP contribution in [0.1, 0.15) is 61.5 Å². The van der Waals surface area contributed by atoms with E-state index in [-0.39, 0.29) is 34.4 Å². The van der Waals surface area contributed by atoms with Crippen LogP contribution in [0, 0.1) is 90.7 Å². The van der Waals surface area contributed by atoms with E-state index in [1.165, 1.54) is 0 Å². The van der Waals surface area contributed by atoms with Gasteiger partial charge >= 0.3 is 0 Å². The van der Waals surface area contributed by atoms with Gasteiger partial charge in [0, 0.05) is 11.8 Å². The van der Waals surface area contributed by atoms with Gasteiger partial charge in [0.05, 0.1) is 46.8 Å². The van der Waals surface area contributed by atoms with Gasteiger partial charge in [-0.05, 0) is 72.6 Å². The number of nitriles is 6. The van der Waals surface area contributed by atoms with Crippen molar-refractivity contribution in [3.05, 3.63) is 81.2 Å². The summed E-state index contributed by atoms with van der Waals surface area (Å²) in [5, 5.41) is 61.0. The van der Waals surface area contributed by atoms with E-state index < -0.39 is 22.7 Å². The second-order valence-corrected chi connectivity index (χ2v) is 10.9. The summed E-state index contributed by atoms with van der Waals surface area (Å²) in [6.07, 6.45) is 8.74. The molecule has 8 heteroatoms. The Morgan fingerprint density at radius 1 is 0.600 bits per heavy atom. The van der Waals surface area contributed by atoms with Crippen molar-refractivity contribution in [1.29, 1.82) is 31.6 Å². The van der Waals surface area contributed by atoms with Crippen molar-refractivity contribution >= 4 is 0 Å². The van der Waals surface area contributed by atoms with Crippen molar-refractivity contribution in [3.63, 3.8) is 0 Å². The molecule has 0 fully saturated rings. The smallest absolute Gasteiger partial charge is 0.191 e. The summed E-state index contributed by atoms with van der Waals surface area (Å²) in [4.78, 5) is 0. The van der Waals surface area contributed by atoms with Crippen molar-refractivity contribution in [1.82, 2.24) is 0 Å². The first-order chi connectivity index (χ1) is 19.4. The molecule has 40 heavy (non-hydrogen) atoms. The van der Waals surface area contributed by atoms with Crippen LogP contribution < -0.4 is 11.5 Å². The summed E-state index contributed by atoms with van der Waals surface area (Å²) < 4.78 is 0. The van der Waals surface area contributed by atoms with E-state index in [4.69, 9.17) is 11.5 Å². The van der Waals surface area contributed by atoms with Crippen molar-refractivity contribution in [3.8, 4) is 36.4 Å². The maximum atomic E-state index is 10.3. The van der Waals surface area contributed by atoms with Crippen LogP contribution >= 0.6 is 0 Å². The first-order valence-corrected chi connectivity index (χ1v) is 13.3. The minimum absolute atomic E-state index is 0.0161. The van der Waals surface area contributed by atoms with Gasteiger partial charge in [-0.2, -0.15) is 31.6 Å². The van der Waals surface area contributed by atoms with Crippen LogP contribution in [-0.4, -0.2) is 0 Å². The molecule has 0 bridgehead atoms. The van der Waals surface area contributed by atoms with Gasteiger partial charge in [0.25, 0.3) is 0 Å². The Bertz CT molecular complexity index is 1510. The summed E-state index contributed by atoms with van der Waals surface area (Å²) in [7, 11) is 0. The van der Waals surface area contributed by atoms with Crippen molar-refractivity contribution < 1.29 is 0 Å². The first kappa shape index (κ1) is 26.3. The second kappa shape index (κ2) is 9.79. The van der Waals surface area contributed by atoms with Gasteiger partial charge in [0.1, 0.15) is 12.1 Å². The highest BCUT2D eigenvalue weighted by Gasteiger charge is 2.55. The summed E-state index contributed by atoms with van der Waals surface area (Å²) in [6, 6.07) is 20.3. The third-order valence-electron chi connectivity index (χ3n) is 9.25. The number of hydrogen-bond acceptors (Lipinski definition) is 8. The maximum absolute atomic E-state index is 10.3. The van der Waals surface area contributed by atoms with Crippen LogP contribution in [0.3, 0.4) is 0 Å². The standard InChI is InChI=1S/C32H26N8/c33-13-25-21-5-1-3-7-23(21)27(31(15-35,16-36)29(25)39)19-9-11-20(12-10-19)28-24-8-4-2-6-22(24)26(14-34)30(40)32(28,17-37)18-38/h5-6,9-12,23-24,27-28H,1-4,7-8,39-40H2/t23-,24-,27+,28+/m0/s1. The Morgan fingerprint density at radius 2 is 0.950 bits per heavy atom. The summed E-state index contributed by atoms with van der Waals surface area (Å²) in [5.41, 5.74) is 12.8. The lowest BCUT2D eigenvalue weighted by Gasteiger charge is -2.44. The molecule has 4 aliphatic carbocycles. The zero-order valence-electron chi connectivity index (χ0n) is 21.9. The molecule has 0 saturated heterocycles. The molecule has 1 aromatic carbocycles. The van der Waals surface area contributed by atoms with Crippen LogP contribution in [0.5, 0.6) is 0 Å². The Labute approximate surface area is 233 Å². The highest BCUT2D eigenvalue weighted by atomic mass is 14.7. The Hall–Kier alpha value is -5.28. The van der Waals surface area contributed by atoms with Gasteiger partial charge in [0.2, 0.25) is 0 Å². The van der Waals surface area contributed by atoms with Crippen LogP contribution in [0.2, 0.25) is 0 Å². The molecule has 1 aromatic rings. The molecule has 0 spiro atoms. The molecule has 0 amide bonds. The Morgan fingerprint density at radius 3 is 1.25 bits per heavy atom. The van der Waals surface area contributed by atoms with Gasteiger partial charge in [-0.25, -0.2) is 0 Å². The SMILES string of the molecule is N#CC1=C(N)C(C#N)(C#N)[C@H](c2ccc([C@@H]3[C@H]4CCCC=C4C(C#N)=C(N)C3(C#N)C#N)cc2)[C@H]2CCCC=C12. The fourth-order valence-electron chi connectivity index (χ4n) is 7.41. The molecule has 8 nitrogen and oxygen atoms in total. The monoisotopic (exact) mass is 522 g/mol. The first-order valence-electron chi connectivity index (χ1n) is 13.3. The number of rotatable bonds is 2. The molecule has 0 radical (unpaired) electrons. The number of nitrogens with two attached hydrogens (primary N) is 2. The van der Waals surface area contributed by atoms with E-state index >= 15 is 0 Å². The average molecular weight is 523 g/mol. The number of benzene rings is 1. The van der Waals surface area contributed by atoms with Crippen LogP contribution in [-0.2, 0) is 0 Å². The molecule has 0 aliphatic heterocycles. The normalized spacial score (nSPS) is 27.9. The summed E-state index contributed by atoms with van der Waals surface area (Å²) in [6.45, 7) is 0. The van der Waals surface area contributed by atoms with E-state index in [1.54, 1.807) is 0 Å². The highest BCUT2D eigenvalue weighted by Crippen LogP contribution is 2.58. The molecule has 0 heterocycles. The van der Waals surface area contributed by atoms with E-state index in [2.05, 4.69) is 36.4 Å². The maximum Gasteiger partial charge on any atom is 0.191 e. The van der Waals surface area contributed by atoms with Crippen LogP contribution in [0.25, 0.3) is 0 Å². The highest BCUT2D eigenvalue weighted by molar-refractivity contribution is 5.61. The molecule has 0 aromatic heterocycles. The zero-order valence-corrected chi connectivity index (χ0v) is 21.9. The average Bonchev–Trinajstić information content (AvgIpc) is 3.00. The molecule has 5 rings (SSSR count). The van der Waals surface area contributed by atoms with Crippen LogP contribution in [0.15, 0.2) is 70.1 Å². The molecule has 0 unspecified atom stereocenters. The van der Waals surface area contributed by atoms with E-state index in [0.717, 1.165) is 48.0 Å². The predicted molar refractivity (Wildman–Crippen MR) is 144 cm³/mol. The van der Waals surface area contributed by atoms with Gasteiger partial charge in [-0.3, -0.25) is 0 Å². The number of fused-ring (bicyclic) bond motifs is 2. The Kier molecular flexibility index (Phi) is 6.45. The minimum atomic E-state index is -1.71. The lowest BCUT2D eigenvalue weighted by molar-refractivity contribution is 0.313. The summed E-state index contributed by atoms with van der Waals surface area (Å²) in [5.74, 6) is -1.64.